The second kappa shape index (κ2) is 6.36. The highest BCUT2D eigenvalue weighted by Gasteiger charge is 2.28. The lowest BCUT2D eigenvalue weighted by molar-refractivity contribution is -0.0352. The molecule has 0 aliphatic carbocycles. The Hall–Kier alpha value is 0.160. The molecule has 3 atom stereocenters. The predicted octanol–water partition coefficient (Wildman–Crippen LogP) is 1.21. The molecule has 1 N–H and O–H groups in total. The minimum atomic E-state index is -2.78. The Morgan fingerprint density at radius 1 is 1.41 bits per heavy atom. The van der Waals surface area contributed by atoms with Gasteiger partial charge in [0, 0.05) is 6.54 Å². The summed E-state index contributed by atoms with van der Waals surface area (Å²) in [5, 5.41) is 3.33. The van der Waals surface area contributed by atoms with Crippen molar-refractivity contribution in [1.82, 2.24) is 5.32 Å². The first-order chi connectivity index (χ1) is 7.55. The molecule has 0 amide bonds. The highest BCUT2D eigenvalue weighted by molar-refractivity contribution is 7.91. The van der Waals surface area contributed by atoms with Crippen LogP contribution in [0.5, 0.6) is 0 Å². The van der Waals surface area contributed by atoms with Crippen LogP contribution < -0.4 is 5.32 Å². The molecular formula is C11H22ClNO3S. The zero-order valence-electron chi connectivity index (χ0n) is 10.2. The molecule has 17 heavy (non-hydrogen) atoms. The molecule has 0 aromatic heterocycles. The molecule has 0 aromatic rings. The minimum Gasteiger partial charge on any atom is -0.363 e. The first-order valence-corrected chi connectivity index (χ1v) is 7.93. The van der Waals surface area contributed by atoms with Crippen molar-refractivity contribution in [2.45, 2.75) is 32.4 Å². The van der Waals surface area contributed by atoms with Gasteiger partial charge in [0.15, 0.2) is 9.84 Å². The largest absolute Gasteiger partial charge is 0.363 e. The Morgan fingerprint density at radius 3 is 2.76 bits per heavy atom. The van der Waals surface area contributed by atoms with Crippen molar-refractivity contribution in [3.8, 4) is 0 Å². The van der Waals surface area contributed by atoms with Crippen LogP contribution in [0.2, 0.25) is 0 Å². The Morgan fingerprint density at radius 2 is 2.18 bits per heavy atom. The van der Waals surface area contributed by atoms with Gasteiger partial charge in [0.1, 0.15) is 6.23 Å². The molecule has 0 saturated carbocycles. The summed E-state index contributed by atoms with van der Waals surface area (Å²) in [7, 11) is -2.78. The molecule has 0 radical (unpaired) electrons. The van der Waals surface area contributed by atoms with Gasteiger partial charge in [-0.05, 0) is 31.1 Å². The van der Waals surface area contributed by atoms with Crippen LogP contribution in [0.15, 0.2) is 0 Å². The first-order valence-electron chi connectivity index (χ1n) is 6.10. The molecule has 0 bridgehead atoms. The van der Waals surface area contributed by atoms with E-state index in [1.165, 1.54) is 0 Å². The maximum atomic E-state index is 11.5. The number of nitrogens with one attached hydrogen (secondary N) is 1. The Labute approximate surface area is 110 Å². The fraction of sp³-hybridized carbons (Fsp3) is 1.00. The van der Waals surface area contributed by atoms with E-state index in [2.05, 4.69) is 12.2 Å². The monoisotopic (exact) mass is 283 g/mol. The van der Waals surface area contributed by atoms with Crippen molar-refractivity contribution in [2.24, 2.45) is 11.8 Å². The third-order valence-electron chi connectivity index (χ3n) is 3.38. The highest BCUT2D eigenvalue weighted by atomic mass is 35.5. The number of halogens is 1. The Bertz CT molecular complexity index is 326. The molecule has 2 rings (SSSR count). The van der Waals surface area contributed by atoms with E-state index in [4.69, 9.17) is 4.74 Å². The van der Waals surface area contributed by atoms with Gasteiger partial charge in [-0.1, -0.05) is 6.92 Å². The molecule has 2 saturated heterocycles. The average Bonchev–Trinajstić information content (AvgIpc) is 2.20. The van der Waals surface area contributed by atoms with Gasteiger partial charge >= 0.3 is 0 Å². The Balaban J connectivity index is 0.00000144. The van der Waals surface area contributed by atoms with E-state index in [0.29, 0.717) is 17.4 Å². The van der Waals surface area contributed by atoms with Crippen molar-refractivity contribution < 1.29 is 13.2 Å². The van der Waals surface area contributed by atoms with Crippen molar-refractivity contribution in [3.63, 3.8) is 0 Å². The molecule has 0 aromatic carbocycles. The third-order valence-corrected chi connectivity index (χ3v) is 5.27. The summed E-state index contributed by atoms with van der Waals surface area (Å²) in [6.07, 6.45) is 2.74. The van der Waals surface area contributed by atoms with E-state index in [9.17, 15) is 8.42 Å². The van der Waals surface area contributed by atoms with Crippen LogP contribution in [-0.4, -0.2) is 39.3 Å². The van der Waals surface area contributed by atoms with E-state index in [-0.39, 0.29) is 24.6 Å². The summed E-state index contributed by atoms with van der Waals surface area (Å²) >= 11 is 0. The van der Waals surface area contributed by atoms with Crippen molar-refractivity contribution in [3.05, 3.63) is 0 Å². The van der Waals surface area contributed by atoms with Crippen LogP contribution >= 0.6 is 12.4 Å². The van der Waals surface area contributed by atoms with Crippen molar-refractivity contribution >= 4 is 22.2 Å². The average molecular weight is 284 g/mol. The van der Waals surface area contributed by atoms with Gasteiger partial charge in [0.05, 0.1) is 18.1 Å². The summed E-state index contributed by atoms with van der Waals surface area (Å²) < 4.78 is 28.6. The number of hydrogen-bond donors (Lipinski definition) is 1. The maximum absolute atomic E-state index is 11.5. The molecule has 102 valence electrons. The van der Waals surface area contributed by atoms with Gasteiger partial charge in [0.2, 0.25) is 0 Å². The molecule has 2 fully saturated rings. The van der Waals surface area contributed by atoms with Gasteiger partial charge < -0.3 is 4.74 Å². The lowest BCUT2D eigenvalue weighted by Gasteiger charge is -2.32. The van der Waals surface area contributed by atoms with Crippen LogP contribution in [0, 0.1) is 11.8 Å². The lowest BCUT2D eigenvalue weighted by Crippen LogP contribution is -2.44. The maximum Gasteiger partial charge on any atom is 0.150 e. The van der Waals surface area contributed by atoms with Crippen molar-refractivity contribution in [2.75, 3.05) is 24.7 Å². The van der Waals surface area contributed by atoms with Gasteiger partial charge in [-0.2, -0.15) is 0 Å². The molecule has 0 spiro atoms. The summed E-state index contributed by atoms with van der Waals surface area (Å²) in [6, 6.07) is 0. The molecule has 6 heteroatoms. The number of ether oxygens (including phenoxy) is 1. The molecular weight excluding hydrogens is 262 g/mol. The summed E-state index contributed by atoms with van der Waals surface area (Å²) in [6.45, 7) is 3.91. The molecule has 2 aliphatic rings. The van der Waals surface area contributed by atoms with Crippen LogP contribution in [0.25, 0.3) is 0 Å². The summed E-state index contributed by atoms with van der Waals surface area (Å²) in [4.78, 5) is 0. The number of rotatable bonds is 2. The third kappa shape index (κ3) is 4.73. The normalized spacial score (nSPS) is 37.1. The Kier molecular flexibility index (Phi) is 5.70. The van der Waals surface area contributed by atoms with Gasteiger partial charge in [-0.25, -0.2) is 8.42 Å². The molecule has 3 unspecified atom stereocenters. The fourth-order valence-corrected chi connectivity index (χ4v) is 4.28. The fourth-order valence-electron chi connectivity index (χ4n) is 2.49. The van der Waals surface area contributed by atoms with Gasteiger partial charge in [0.25, 0.3) is 0 Å². The van der Waals surface area contributed by atoms with E-state index in [0.717, 1.165) is 32.4 Å². The van der Waals surface area contributed by atoms with E-state index in [1.807, 2.05) is 0 Å². The van der Waals surface area contributed by atoms with Crippen LogP contribution in [0.4, 0.5) is 0 Å². The molecule has 4 nitrogen and oxygen atoms in total. The van der Waals surface area contributed by atoms with Crippen LogP contribution in [-0.2, 0) is 14.6 Å². The standard InChI is InChI=1S/C11H21NO3S.ClH/c1-9-6-12-11(15-7-9)5-10-3-2-4-16(13,14)8-10;/h9-12H,2-8H2,1H3;1H. The second-order valence-corrected chi connectivity index (χ2v) is 7.42. The lowest BCUT2D eigenvalue weighted by atomic mass is 9.99. The first kappa shape index (κ1) is 15.2. The highest BCUT2D eigenvalue weighted by Crippen LogP contribution is 2.24. The number of sulfone groups is 1. The summed E-state index contributed by atoms with van der Waals surface area (Å²) in [5.74, 6) is 1.57. The zero-order valence-corrected chi connectivity index (χ0v) is 11.9. The van der Waals surface area contributed by atoms with E-state index < -0.39 is 9.84 Å². The zero-order chi connectivity index (χ0) is 11.6. The molecule has 2 heterocycles. The smallest absolute Gasteiger partial charge is 0.150 e. The van der Waals surface area contributed by atoms with Crippen molar-refractivity contribution in [1.29, 1.82) is 0 Å². The van der Waals surface area contributed by atoms with E-state index in [1.54, 1.807) is 0 Å². The second-order valence-electron chi connectivity index (χ2n) is 5.19. The summed E-state index contributed by atoms with van der Waals surface area (Å²) in [5.41, 5.74) is 0. The number of hydrogen-bond acceptors (Lipinski definition) is 4. The van der Waals surface area contributed by atoms with Gasteiger partial charge in [-0.15, -0.1) is 12.4 Å². The predicted molar refractivity (Wildman–Crippen MR) is 70.1 cm³/mol. The molecule has 2 aliphatic heterocycles. The van der Waals surface area contributed by atoms with Crippen LogP contribution in [0.3, 0.4) is 0 Å². The van der Waals surface area contributed by atoms with E-state index >= 15 is 0 Å². The minimum absolute atomic E-state index is 0. The quantitative estimate of drug-likeness (QED) is 0.828. The topological polar surface area (TPSA) is 55.4 Å². The van der Waals surface area contributed by atoms with Gasteiger partial charge in [-0.3, -0.25) is 5.32 Å². The SMILES string of the molecule is CC1CNC(CC2CCCS(=O)(=O)C2)OC1.Cl. The van der Waals surface area contributed by atoms with Crippen LogP contribution in [0.1, 0.15) is 26.2 Å².